The van der Waals surface area contributed by atoms with Crippen LogP contribution >= 0.6 is 11.3 Å². The first-order valence-corrected chi connectivity index (χ1v) is 8.32. The first kappa shape index (κ1) is 14.1. The van der Waals surface area contributed by atoms with E-state index in [2.05, 4.69) is 20.9 Å². The Morgan fingerprint density at radius 1 is 1.30 bits per heavy atom. The number of ether oxygens (including phenoxy) is 1. The van der Waals surface area contributed by atoms with Crippen LogP contribution in [0.15, 0.2) is 36.5 Å². The van der Waals surface area contributed by atoms with Gasteiger partial charge in [0.25, 0.3) is 0 Å². The van der Waals surface area contributed by atoms with E-state index in [0.29, 0.717) is 18.7 Å². The summed E-state index contributed by atoms with van der Waals surface area (Å²) in [6, 6.07) is 9.75. The average molecular weight is 325 g/mol. The van der Waals surface area contributed by atoms with Crippen LogP contribution in [0.5, 0.6) is 0 Å². The smallest absolute Gasteiger partial charge is 0.338 e. The van der Waals surface area contributed by atoms with Crippen molar-refractivity contribution in [3.8, 4) is 0 Å². The summed E-state index contributed by atoms with van der Waals surface area (Å²) >= 11 is 1.63. The molecule has 6 heteroatoms. The molecule has 0 amide bonds. The highest BCUT2D eigenvalue weighted by Gasteiger charge is 2.26. The second-order valence-electron chi connectivity index (χ2n) is 5.34. The van der Waals surface area contributed by atoms with Gasteiger partial charge in [0.2, 0.25) is 0 Å². The molecule has 5 nitrogen and oxygen atoms in total. The van der Waals surface area contributed by atoms with Gasteiger partial charge in [0.05, 0.1) is 16.9 Å². The van der Waals surface area contributed by atoms with Crippen LogP contribution in [0, 0.1) is 0 Å². The molecular formula is C17H15N3O2S. The Kier molecular flexibility index (Phi) is 3.46. The fourth-order valence-corrected chi connectivity index (χ4v) is 3.77. The van der Waals surface area contributed by atoms with Crippen LogP contribution in [-0.4, -0.2) is 22.5 Å². The molecule has 3 heterocycles. The zero-order valence-corrected chi connectivity index (χ0v) is 13.5. The Morgan fingerprint density at radius 2 is 2.22 bits per heavy atom. The Balaban J connectivity index is 1.67. The van der Waals surface area contributed by atoms with Gasteiger partial charge < -0.3 is 9.64 Å². The van der Waals surface area contributed by atoms with Crippen molar-refractivity contribution in [2.24, 2.45) is 0 Å². The van der Waals surface area contributed by atoms with Gasteiger partial charge >= 0.3 is 5.97 Å². The van der Waals surface area contributed by atoms with Crippen molar-refractivity contribution in [1.82, 2.24) is 9.97 Å². The molecule has 23 heavy (non-hydrogen) atoms. The highest BCUT2D eigenvalue weighted by Crippen LogP contribution is 2.34. The predicted octanol–water partition coefficient (Wildman–Crippen LogP) is 3.39. The number of hydrogen-bond donors (Lipinski definition) is 0. The van der Waals surface area contributed by atoms with Crippen LogP contribution in [-0.2, 0) is 17.8 Å². The fraction of sp³-hybridized carbons (Fsp3) is 0.235. The summed E-state index contributed by atoms with van der Waals surface area (Å²) in [5.41, 5.74) is 3.63. The zero-order chi connectivity index (χ0) is 15.8. The molecule has 1 aliphatic rings. The SMILES string of the molecule is CCOC(=O)c1cccc2c1CN(c1nc3ncccc3s1)C2. The van der Waals surface area contributed by atoms with Crippen LogP contribution in [0.2, 0.25) is 0 Å². The number of anilines is 1. The summed E-state index contributed by atoms with van der Waals surface area (Å²) in [6.07, 6.45) is 1.75. The van der Waals surface area contributed by atoms with Gasteiger partial charge in [-0.15, -0.1) is 0 Å². The van der Waals surface area contributed by atoms with Crippen molar-refractivity contribution >= 4 is 32.8 Å². The monoisotopic (exact) mass is 325 g/mol. The summed E-state index contributed by atoms with van der Waals surface area (Å²) in [5, 5.41) is 0.935. The van der Waals surface area contributed by atoms with E-state index >= 15 is 0 Å². The fourth-order valence-electron chi connectivity index (χ4n) is 2.85. The van der Waals surface area contributed by atoms with E-state index in [9.17, 15) is 4.79 Å². The Labute approximate surface area is 137 Å². The van der Waals surface area contributed by atoms with Gasteiger partial charge in [-0.05, 0) is 36.2 Å². The molecule has 0 spiro atoms. The molecule has 1 aromatic carbocycles. The quantitative estimate of drug-likeness (QED) is 0.691. The standard InChI is InChI=1S/C17H15N3O2S/c1-2-22-16(21)12-6-3-5-11-9-20(10-13(11)12)17-19-15-14(23-17)7-4-8-18-15/h3-8H,2,9-10H2,1H3. The maximum Gasteiger partial charge on any atom is 0.338 e. The minimum absolute atomic E-state index is 0.253. The minimum Gasteiger partial charge on any atom is -0.462 e. The normalized spacial score (nSPS) is 13.3. The molecule has 2 aromatic heterocycles. The number of fused-ring (bicyclic) bond motifs is 2. The molecule has 0 saturated heterocycles. The van der Waals surface area contributed by atoms with Gasteiger partial charge in [-0.2, -0.15) is 4.98 Å². The van der Waals surface area contributed by atoms with Crippen molar-refractivity contribution in [3.63, 3.8) is 0 Å². The van der Waals surface area contributed by atoms with Crippen molar-refractivity contribution in [2.45, 2.75) is 20.0 Å². The van der Waals surface area contributed by atoms with Crippen molar-refractivity contribution < 1.29 is 9.53 Å². The van der Waals surface area contributed by atoms with Gasteiger partial charge in [0, 0.05) is 19.3 Å². The molecule has 0 bridgehead atoms. The number of thiazole rings is 1. The maximum absolute atomic E-state index is 12.1. The Hall–Kier alpha value is -2.47. The number of carbonyl (C=O) groups is 1. The Bertz CT molecular complexity index is 857. The molecule has 0 saturated carbocycles. The number of esters is 1. The van der Waals surface area contributed by atoms with Crippen molar-refractivity contribution in [1.29, 1.82) is 0 Å². The van der Waals surface area contributed by atoms with Gasteiger partial charge in [-0.25, -0.2) is 9.78 Å². The third-order valence-corrected chi connectivity index (χ3v) is 4.97. The van der Waals surface area contributed by atoms with Crippen LogP contribution in [0.25, 0.3) is 10.3 Å². The topological polar surface area (TPSA) is 55.3 Å². The van der Waals surface area contributed by atoms with E-state index in [4.69, 9.17) is 4.74 Å². The third kappa shape index (κ3) is 2.45. The van der Waals surface area contributed by atoms with Crippen molar-refractivity contribution in [3.05, 3.63) is 53.2 Å². The molecule has 0 radical (unpaired) electrons. The molecule has 0 aliphatic carbocycles. The molecule has 1 aliphatic heterocycles. The molecule has 0 atom stereocenters. The van der Waals surface area contributed by atoms with E-state index < -0.39 is 0 Å². The lowest BCUT2D eigenvalue weighted by atomic mass is 10.0. The maximum atomic E-state index is 12.1. The van der Waals surface area contributed by atoms with Gasteiger partial charge in [0.1, 0.15) is 0 Å². The lowest BCUT2D eigenvalue weighted by molar-refractivity contribution is 0.0525. The summed E-state index contributed by atoms with van der Waals surface area (Å²) < 4.78 is 6.23. The van der Waals surface area contributed by atoms with Gasteiger partial charge in [-0.1, -0.05) is 23.5 Å². The lowest BCUT2D eigenvalue weighted by Gasteiger charge is -2.13. The largest absolute Gasteiger partial charge is 0.462 e. The van der Waals surface area contributed by atoms with E-state index in [1.54, 1.807) is 17.5 Å². The summed E-state index contributed by atoms with van der Waals surface area (Å²) in [6.45, 7) is 3.63. The van der Waals surface area contributed by atoms with Crippen LogP contribution in [0.4, 0.5) is 5.13 Å². The van der Waals surface area contributed by atoms with Gasteiger partial charge in [-0.3, -0.25) is 0 Å². The third-order valence-electron chi connectivity index (χ3n) is 3.90. The molecule has 0 fully saturated rings. The highest BCUT2D eigenvalue weighted by molar-refractivity contribution is 7.22. The summed E-state index contributed by atoms with van der Waals surface area (Å²) in [7, 11) is 0. The van der Waals surface area contributed by atoms with E-state index in [1.165, 1.54) is 0 Å². The average Bonchev–Trinajstić information content (AvgIpc) is 3.18. The lowest BCUT2D eigenvalue weighted by Crippen LogP contribution is -2.15. The van der Waals surface area contributed by atoms with Gasteiger partial charge in [0.15, 0.2) is 10.8 Å². The molecule has 4 rings (SSSR count). The van der Waals surface area contributed by atoms with Crippen molar-refractivity contribution in [2.75, 3.05) is 11.5 Å². The number of benzene rings is 1. The number of rotatable bonds is 3. The first-order valence-electron chi connectivity index (χ1n) is 7.50. The van der Waals surface area contributed by atoms with Crippen LogP contribution in [0.3, 0.4) is 0 Å². The second kappa shape index (κ2) is 5.62. The number of nitrogens with zero attached hydrogens (tertiary/aromatic N) is 3. The highest BCUT2D eigenvalue weighted by atomic mass is 32.1. The molecule has 3 aromatic rings. The van der Waals surface area contributed by atoms with Crippen LogP contribution < -0.4 is 4.90 Å². The van der Waals surface area contributed by atoms with Crippen LogP contribution in [0.1, 0.15) is 28.4 Å². The molecule has 0 N–H and O–H groups in total. The number of aromatic nitrogens is 2. The number of pyridine rings is 1. The number of carbonyl (C=O) groups excluding carboxylic acids is 1. The Morgan fingerprint density at radius 3 is 3.04 bits per heavy atom. The predicted molar refractivity (Wildman–Crippen MR) is 89.7 cm³/mol. The van der Waals surface area contributed by atoms with E-state index in [1.807, 2.05) is 31.2 Å². The summed E-state index contributed by atoms with van der Waals surface area (Å²) in [5.74, 6) is -0.253. The second-order valence-corrected chi connectivity index (χ2v) is 6.35. The first-order chi connectivity index (χ1) is 11.3. The molecule has 116 valence electrons. The zero-order valence-electron chi connectivity index (χ0n) is 12.7. The molecule has 0 unspecified atom stereocenters. The van der Waals surface area contributed by atoms with E-state index in [0.717, 1.165) is 33.2 Å². The minimum atomic E-state index is -0.253. The number of hydrogen-bond acceptors (Lipinski definition) is 6. The van der Waals surface area contributed by atoms with E-state index in [-0.39, 0.29) is 5.97 Å². The summed E-state index contributed by atoms with van der Waals surface area (Å²) in [4.78, 5) is 23.2. The molecular weight excluding hydrogens is 310 g/mol.